The number of anilines is 2. The number of nitrogen functional groups attached to an aromatic ring is 1. The SMILES string of the molecule is COc1cc(N)ccc1CNc1ccccc1. The molecule has 0 aliphatic rings. The lowest BCUT2D eigenvalue weighted by molar-refractivity contribution is 0.410. The van der Waals surface area contributed by atoms with Crippen LogP contribution in [0.4, 0.5) is 11.4 Å². The van der Waals surface area contributed by atoms with Crippen LogP contribution in [0.5, 0.6) is 5.75 Å². The molecular weight excluding hydrogens is 212 g/mol. The minimum Gasteiger partial charge on any atom is -0.496 e. The first-order valence-corrected chi connectivity index (χ1v) is 5.51. The van der Waals surface area contributed by atoms with Crippen LogP contribution in [0.25, 0.3) is 0 Å². The van der Waals surface area contributed by atoms with E-state index < -0.39 is 0 Å². The third-order valence-corrected chi connectivity index (χ3v) is 2.57. The van der Waals surface area contributed by atoms with Crippen molar-refractivity contribution < 1.29 is 4.74 Å². The van der Waals surface area contributed by atoms with Gasteiger partial charge in [-0.05, 0) is 18.2 Å². The van der Waals surface area contributed by atoms with E-state index in [1.54, 1.807) is 7.11 Å². The lowest BCUT2D eigenvalue weighted by Crippen LogP contribution is -2.02. The summed E-state index contributed by atoms with van der Waals surface area (Å²) in [4.78, 5) is 0. The zero-order chi connectivity index (χ0) is 12.1. The van der Waals surface area contributed by atoms with Crippen LogP contribution >= 0.6 is 0 Å². The van der Waals surface area contributed by atoms with Crippen molar-refractivity contribution in [1.82, 2.24) is 0 Å². The average Bonchev–Trinajstić information content (AvgIpc) is 2.38. The van der Waals surface area contributed by atoms with E-state index in [0.717, 1.165) is 17.0 Å². The molecule has 0 fully saturated rings. The maximum Gasteiger partial charge on any atom is 0.125 e. The summed E-state index contributed by atoms with van der Waals surface area (Å²) in [6, 6.07) is 15.8. The monoisotopic (exact) mass is 228 g/mol. The lowest BCUT2D eigenvalue weighted by atomic mass is 10.1. The van der Waals surface area contributed by atoms with Gasteiger partial charge in [0.1, 0.15) is 5.75 Å². The second-order valence-corrected chi connectivity index (χ2v) is 3.79. The predicted molar refractivity (Wildman–Crippen MR) is 71.2 cm³/mol. The summed E-state index contributed by atoms with van der Waals surface area (Å²) < 4.78 is 5.29. The molecule has 2 aromatic rings. The highest BCUT2D eigenvalue weighted by Gasteiger charge is 2.02. The first-order valence-electron chi connectivity index (χ1n) is 5.51. The molecule has 0 spiro atoms. The summed E-state index contributed by atoms with van der Waals surface area (Å²) in [6.07, 6.45) is 0. The number of ether oxygens (including phenoxy) is 1. The van der Waals surface area contributed by atoms with Crippen LogP contribution < -0.4 is 15.8 Å². The number of rotatable bonds is 4. The average molecular weight is 228 g/mol. The van der Waals surface area contributed by atoms with Gasteiger partial charge >= 0.3 is 0 Å². The van der Waals surface area contributed by atoms with E-state index in [2.05, 4.69) is 5.32 Å². The Morgan fingerprint density at radius 3 is 2.59 bits per heavy atom. The van der Waals surface area contributed by atoms with E-state index >= 15 is 0 Å². The summed E-state index contributed by atoms with van der Waals surface area (Å²) in [5.41, 5.74) is 8.60. The van der Waals surface area contributed by atoms with Crippen LogP contribution in [-0.4, -0.2) is 7.11 Å². The van der Waals surface area contributed by atoms with Crippen LogP contribution in [0, 0.1) is 0 Å². The van der Waals surface area contributed by atoms with Gasteiger partial charge in [-0.15, -0.1) is 0 Å². The van der Waals surface area contributed by atoms with Crippen LogP contribution in [0.1, 0.15) is 5.56 Å². The normalized spacial score (nSPS) is 9.94. The number of hydrogen-bond acceptors (Lipinski definition) is 3. The summed E-state index contributed by atoms with van der Waals surface area (Å²) in [5, 5.41) is 3.33. The van der Waals surface area contributed by atoms with Gasteiger partial charge in [-0.2, -0.15) is 0 Å². The molecule has 17 heavy (non-hydrogen) atoms. The minimum absolute atomic E-state index is 0.713. The number of benzene rings is 2. The van der Waals surface area contributed by atoms with Crippen molar-refractivity contribution in [3.63, 3.8) is 0 Å². The Hall–Kier alpha value is -2.16. The van der Waals surface area contributed by atoms with Crippen LogP contribution in [0.3, 0.4) is 0 Å². The Bertz CT molecular complexity index is 483. The second-order valence-electron chi connectivity index (χ2n) is 3.79. The van der Waals surface area contributed by atoms with Gasteiger partial charge in [0.15, 0.2) is 0 Å². The van der Waals surface area contributed by atoms with Crippen molar-refractivity contribution >= 4 is 11.4 Å². The predicted octanol–water partition coefficient (Wildman–Crippen LogP) is 2.89. The minimum atomic E-state index is 0.713. The van der Waals surface area contributed by atoms with E-state index in [0.29, 0.717) is 12.2 Å². The molecule has 2 aromatic carbocycles. The van der Waals surface area contributed by atoms with E-state index in [-0.39, 0.29) is 0 Å². The van der Waals surface area contributed by atoms with Crippen LogP contribution in [0.15, 0.2) is 48.5 Å². The van der Waals surface area contributed by atoms with Gasteiger partial charge in [0.25, 0.3) is 0 Å². The van der Waals surface area contributed by atoms with E-state index in [4.69, 9.17) is 10.5 Å². The Balaban J connectivity index is 2.09. The van der Waals surface area contributed by atoms with Crippen molar-refractivity contribution in [2.75, 3.05) is 18.2 Å². The fraction of sp³-hybridized carbons (Fsp3) is 0.143. The molecule has 0 aliphatic heterocycles. The number of nitrogens with one attached hydrogen (secondary N) is 1. The zero-order valence-corrected chi connectivity index (χ0v) is 9.81. The Labute approximate surface area is 101 Å². The molecule has 3 nitrogen and oxygen atoms in total. The Morgan fingerprint density at radius 1 is 1.12 bits per heavy atom. The zero-order valence-electron chi connectivity index (χ0n) is 9.81. The van der Waals surface area contributed by atoms with E-state index in [1.807, 2.05) is 48.5 Å². The molecule has 0 aromatic heterocycles. The van der Waals surface area contributed by atoms with Gasteiger partial charge in [0, 0.05) is 29.5 Å². The third kappa shape index (κ3) is 2.91. The fourth-order valence-corrected chi connectivity index (χ4v) is 1.66. The molecule has 0 saturated carbocycles. The summed E-state index contributed by atoms with van der Waals surface area (Å²) in [7, 11) is 1.65. The third-order valence-electron chi connectivity index (χ3n) is 2.57. The van der Waals surface area contributed by atoms with Crippen LogP contribution in [0.2, 0.25) is 0 Å². The summed E-state index contributed by atoms with van der Waals surface area (Å²) in [5.74, 6) is 0.813. The molecule has 0 saturated heterocycles. The smallest absolute Gasteiger partial charge is 0.125 e. The molecule has 0 amide bonds. The molecule has 0 aliphatic carbocycles. The molecule has 2 rings (SSSR count). The molecule has 3 N–H and O–H groups in total. The first-order chi connectivity index (χ1) is 8.29. The molecule has 0 unspecified atom stereocenters. The summed E-state index contributed by atoms with van der Waals surface area (Å²) in [6.45, 7) is 0.716. The molecule has 0 atom stereocenters. The Morgan fingerprint density at radius 2 is 1.88 bits per heavy atom. The highest BCUT2D eigenvalue weighted by Crippen LogP contribution is 2.22. The molecule has 3 heteroatoms. The van der Waals surface area contributed by atoms with Gasteiger partial charge < -0.3 is 15.8 Å². The standard InChI is InChI=1S/C14H16N2O/c1-17-14-9-12(15)8-7-11(14)10-16-13-5-3-2-4-6-13/h2-9,16H,10,15H2,1H3. The topological polar surface area (TPSA) is 47.3 Å². The largest absolute Gasteiger partial charge is 0.496 e. The molecular formula is C14H16N2O. The number of para-hydroxylation sites is 1. The maximum absolute atomic E-state index is 5.71. The van der Waals surface area contributed by atoms with Crippen molar-refractivity contribution in [3.05, 3.63) is 54.1 Å². The number of hydrogen-bond donors (Lipinski definition) is 2. The van der Waals surface area contributed by atoms with Crippen molar-refractivity contribution in [2.24, 2.45) is 0 Å². The van der Waals surface area contributed by atoms with Gasteiger partial charge in [-0.25, -0.2) is 0 Å². The fourth-order valence-electron chi connectivity index (χ4n) is 1.66. The van der Waals surface area contributed by atoms with Gasteiger partial charge in [-0.1, -0.05) is 24.3 Å². The maximum atomic E-state index is 5.71. The summed E-state index contributed by atoms with van der Waals surface area (Å²) >= 11 is 0. The van der Waals surface area contributed by atoms with E-state index in [9.17, 15) is 0 Å². The van der Waals surface area contributed by atoms with E-state index in [1.165, 1.54) is 0 Å². The molecule has 0 radical (unpaired) electrons. The molecule has 0 bridgehead atoms. The molecule has 88 valence electrons. The molecule has 0 heterocycles. The first kappa shape index (κ1) is 11.3. The lowest BCUT2D eigenvalue weighted by Gasteiger charge is -2.11. The quantitative estimate of drug-likeness (QED) is 0.791. The van der Waals surface area contributed by atoms with Crippen LogP contribution in [-0.2, 0) is 6.54 Å². The van der Waals surface area contributed by atoms with Gasteiger partial charge in [-0.3, -0.25) is 0 Å². The number of methoxy groups -OCH3 is 1. The van der Waals surface area contributed by atoms with Crippen molar-refractivity contribution in [1.29, 1.82) is 0 Å². The highest BCUT2D eigenvalue weighted by molar-refractivity contribution is 5.50. The van der Waals surface area contributed by atoms with Gasteiger partial charge in [0.2, 0.25) is 0 Å². The Kier molecular flexibility index (Phi) is 3.50. The van der Waals surface area contributed by atoms with Crippen molar-refractivity contribution in [3.8, 4) is 5.75 Å². The second kappa shape index (κ2) is 5.25. The van der Waals surface area contributed by atoms with Gasteiger partial charge in [0.05, 0.1) is 7.11 Å². The number of nitrogens with two attached hydrogens (primary N) is 1. The highest BCUT2D eigenvalue weighted by atomic mass is 16.5. The van der Waals surface area contributed by atoms with Crippen molar-refractivity contribution in [2.45, 2.75) is 6.54 Å².